The Bertz CT molecular complexity index is 390. The van der Waals surface area contributed by atoms with E-state index in [9.17, 15) is 9.90 Å². The number of aliphatic hydroxyl groups excluding tert-OH is 1. The molecule has 1 fully saturated rings. The normalized spacial score (nSPS) is 18.1. The van der Waals surface area contributed by atoms with Gasteiger partial charge in [-0.05, 0) is 24.3 Å². The van der Waals surface area contributed by atoms with Gasteiger partial charge in [0.25, 0.3) is 0 Å². The summed E-state index contributed by atoms with van der Waals surface area (Å²) in [6, 6.07) is 9.27. The molecule has 4 N–H and O–H groups in total. The van der Waals surface area contributed by atoms with Gasteiger partial charge in [-0.2, -0.15) is 0 Å². The van der Waals surface area contributed by atoms with Crippen molar-refractivity contribution < 1.29 is 9.90 Å². The van der Waals surface area contributed by atoms with Crippen LogP contribution in [-0.2, 0) is 4.79 Å². The quantitative estimate of drug-likeness (QED) is 0.702. The molecular formula is C14H20N2O2. The molecule has 98 valence electrons. The van der Waals surface area contributed by atoms with Crippen molar-refractivity contribution in [3.63, 3.8) is 0 Å². The number of carbonyl (C=O) groups is 1. The molecule has 0 aliphatic heterocycles. The Labute approximate surface area is 107 Å². The van der Waals surface area contributed by atoms with Crippen LogP contribution in [-0.4, -0.2) is 23.7 Å². The highest BCUT2D eigenvalue weighted by Crippen LogP contribution is 2.32. The van der Waals surface area contributed by atoms with E-state index in [2.05, 4.69) is 5.32 Å². The van der Waals surface area contributed by atoms with E-state index in [1.54, 1.807) is 0 Å². The summed E-state index contributed by atoms with van der Waals surface area (Å²) in [5.74, 6) is 0.277. The largest absolute Gasteiger partial charge is 0.391 e. The first-order chi connectivity index (χ1) is 8.66. The Hall–Kier alpha value is -1.39. The lowest BCUT2D eigenvalue weighted by molar-refractivity contribution is -0.122. The van der Waals surface area contributed by atoms with Gasteiger partial charge in [0.15, 0.2) is 0 Å². The van der Waals surface area contributed by atoms with Crippen molar-refractivity contribution in [2.75, 3.05) is 6.54 Å². The lowest BCUT2D eigenvalue weighted by atomic mass is 10.0. The second-order valence-corrected chi connectivity index (χ2v) is 4.93. The molecule has 2 rings (SSSR count). The van der Waals surface area contributed by atoms with Gasteiger partial charge in [-0.1, -0.05) is 30.3 Å². The summed E-state index contributed by atoms with van der Waals surface area (Å²) in [5.41, 5.74) is 6.91. The van der Waals surface area contributed by atoms with Crippen molar-refractivity contribution in [1.29, 1.82) is 0 Å². The van der Waals surface area contributed by atoms with Crippen molar-refractivity contribution in [2.24, 2.45) is 11.7 Å². The first kappa shape index (κ1) is 13.1. The lowest BCUT2D eigenvalue weighted by Crippen LogP contribution is -2.34. The number of carbonyl (C=O) groups excluding carboxylic acids is 1. The minimum atomic E-state index is -0.401. The maximum absolute atomic E-state index is 11.7. The summed E-state index contributed by atoms with van der Waals surface area (Å²) >= 11 is 0. The van der Waals surface area contributed by atoms with Gasteiger partial charge < -0.3 is 16.2 Å². The molecule has 0 radical (unpaired) electrons. The van der Waals surface area contributed by atoms with Crippen molar-refractivity contribution >= 4 is 5.91 Å². The Morgan fingerprint density at radius 3 is 2.67 bits per heavy atom. The van der Waals surface area contributed by atoms with Gasteiger partial charge in [0, 0.05) is 19.0 Å². The maximum atomic E-state index is 11.7. The zero-order chi connectivity index (χ0) is 13.0. The van der Waals surface area contributed by atoms with Crippen LogP contribution in [0.4, 0.5) is 0 Å². The van der Waals surface area contributed by atoms with Crippen LogP contribution < -0.4 is 11.1 Å². The second-order valence-electron chi connectivity index (χ2n) is 4.93. The smallest absolute Gasteiger partial charge is 0.221 e. The van der Waals surface area contributed by atoms with Gasteiger partial charge in [0.05, 0.1) is 6.10 Å². The summed E-state index contributed by atoms with van der Waals surface area (Å²) in [6.45, 7) is 0.338. The Balaban J connectivity index is 1.73. The predicted molar refractivity (Wildman–Crippen MR) is 69.7 cm³/mol. The fraction of sp³-hybridized carbons (Fsp3) is 0.500. The summed E-state index contributed by atoms with van der Waals surface area (Å²) in [4.78, 5) is 11.7. The van der Waals surface area contributed by atoms with Crippen LogP contribution in [0.5, 0.6) is 0 Å². The van der Waals surface area contributed by atoms with Gasteiger partial charge in [0.1, 0.15) is 0 Å². The zero-order valence-electron chi connectivity index (χ0n) is 10.4. The molecule has 4 heteroatoms. The third-order valence-corrected chi connectivity index (χ3v) is 3.31. The minimum absolute atomic E-state index is 0.106. The van der Waals surface area contributed by atoms with E-state index in [0.29, 0.717) is 12.5 Å². The highest BCUT2D eigenvalue weighted by atomic mass is 16.3. The van der Waals surface area contributed by atoms with E-state index in [1.807, 2.05) is 30.3 Å². The van der Waals surface area contributed by atoms with Gasteiger partial charge in [-0.3, -0.25) is 4.79 Å². The molecule has 0 saturated heterocycles. The van der Waals surface area contributed by atoms with Crippen LogP contribution in [0.25, 0.3) is 0 Å². The van der Waals surface area contributed by atoms with Gasteiger partial charge in [-0.15, -0.1) is 0 Å². The standard InChI is InChI=1S/C14H20N2O2/c15-12(10-4-2-1-3-5-10)8-14(18)16-9-13(17)11-6-7-11/h1-5,11-13,17H,6-9,15H2,(H,16,18). The van der Waals surface area contributed by atoms with Crippen LogP contribution in [0, 0.1) is 5.92 Å². The molecule has 1 saturated carbocycles. The van der Waals surface area contributed by atoms with Crippen LogP contribution in [0.2, 0.25) is 0 Å². The number of hydrogen-bond donors (Lipinski definition) is 3. The molecular weight excluding hydrogens is 228 g/mol. The highest BCUT2D eigenvalue weighted by Gasteiger charge is 2.29. The minimum Gasteiger partial charge on any atom is -0.391 e. The molecule has 0 bridgehead atoms. The van der Waals surface area contributed by atoms with E-state index in [4.69, 9.17) is 5.73 Å². The summed E-state index contributed by atoms with van der Waals surface area (Å²) in [5, 5.41) is 12.4. The van der Waals surface area contributed by atoms with Crippen molar-refractivity contribution in [3.05, 3.63) is 35.9 Å². The lowest BCUT2D eigenvalue weighted by Gasteiger charge is -2.14. The number of nitrogens with two attached hydrogens (primary N) is 1. The van der Waals surface area contributed by atoms with Crippen LogP contribution >= 0.6 is 0 Å². The van der Waals surface area contributed by atoms with Gasteiger partial charge in [-0.25, -0.2) is 0 Å². The van der Waals surface area contributed by atoms with Crippen LogP contribution in [0.3, 0.4) is 0 Å². The molecule has 0 heterocycles. The van der Waals surface area contributed by atoms with Gasteiger partial charge in [0.2, 0.25) is 5.91 Å². The molecule has 4 nitrogen and oxygen atoms in total. The van der Waals surface area contributed by atoms with E-state index >= 15 is 0 Å². The van der Waals surface area contributed by atoms with Gasteiger partial charge >= 0.3 is 0 Å². The van der Waals surface area contributed by atoms with Crippen molar-refractivity contribution in [2.45, 2.75) is 31.4 Å². The topological polar surface area (TPSA) is 75.4 Å². The maximum Gasteiger partial charge on any atom is 0.221 e. The summed E-state index contributed by atoms with van der Waals surface area (Å²) < 4.78 is 0. The summed E-state index contributed by atoms with van der Waals surface area (Å²) in [7, 11) is 0. The first-order valence-corrected chi connectivity index (χ1v) is 6.42. The average Bonchev–Trinajstić information content (AvgIpc) is 3.21. The molecule has 1 aliphatic carbocycles. The monoisotopic (exact) mass is 248 g/mol. The third kappa shape index (κ3) is 3.82. The number of aliphatic hydroxyl groups is 1. The molecule has 1 aliphatic rings. The fourth-order valence-electron chi connectivity index (χ4n) is 1.96. The molecule has 2 unspecified atom stereocenters. The van der Waals surface area contributed by atoms with E-state index in [0.717, 1.165) is 18.4 Å². The number of rotatable bonds is 6. The molecule has 0 aromatic heterocycles. The zero-order valence-corrected chi connectivity index (χ0v) is 10.4. The fourth-order valence-corrected chi connectivity index (χ4v) is 1.96. The van der Waals surface area contributed by atoms with E-state index in [-0.39, 0.29) is 18.4 Å². The van der Waals surface area contributed by atoms with Crippen molar-refractivity contribution in [3.8, 4) is 0 Å². The van der Waals surface area contributed by atoms with Crippen molar-refractivity contribution in [1.82, 2.24) is 5.32 Å². The number of benzene rings is 1. The van der Waals surface area contributed by atoms with E-state index < -0.39 is 6.10 Å². The average molecular weight is 248 g/mol. The number of amides is 1. The first-order valence-electron chi connectivity index (χ1n) is 6.42. The highest BCUT2D eigenvalue weighted by molar-refractivity contribution is 5.76. The van der Waals surface area contributed by atoms with Crippen LogP contribution in [0.1, 0.15) is 30.9 Å². The molecule has 1 amide bonds. The van der Waals surface area contributed by atoms with E-state index in [1.165, 1.54) is 0 Å². The number of hydrogen-bond acceptors (Lipinski definition) is 3. The number of nitrogens with one attached hydrogen (secondary N) is 1. The molecule has 2 atom stereocenters. The summed E-state index contributed by atoms with van der Waals surface area (Å²) in [6.07, 6.45) is 1.99. The molecule has 1 aromatic rings. The second kappa shape index (κ2) is 5.98. The van der Waals surface area contributed by atoms with Crippen LogP contribution in [0.15, 0.2) is 30.3 Å². The Morgan fingerprint density at radius 1 is 1.39 bits per heavy atom. The SMILES string of the molecule is NC(CC(=O)NCC(O)C1CC1)c1ccccc1. The molecule has 1 aromatic carbocycles. The third-order valence-electron chi connectivity index (χ3n) is 3.31. The predicted octanol–water partition coefficient (Wildman–Crippen LogP) is 0.964. The molecule has 18 heavy (non-hydrogen) atoms. The Kier molecular flexibility index (Phi) is 4.33. The molecule has 0 spiro atoms. The Morgan fingerprint density at radius 2 is 2.06 bits per heavy atom.